The van der Waals surface area contributed by atoms with Crippen LogP contribution in [0.2, 0.25) is 5.02 Å². The van der Waals surface area contributed by atoms with E-state index in [1.54, 1.807) is 24.3 Å². The Kier molecular flexibility index (Phi) is 5.78. The molecule has 2 bridgehead atoms. The maximum atomic E-state index is 12.9. The van der Waals surface area contributed by atoms with E-state index in [1.807, 2.05) is 12.1 Å². The molecular weight excluding hydrogens is 414 g/mol. The van der Waals surface area contributed by atoms with Gasteiger partial charge in [0.25, 0.3) is 0 Å². The topological polar surface area (TPSA) is 87.7 Å². The lowest BCUT2D eigenvalue weighted by Gasteiger charge is -2.31. The van der Waals surface area contributed by atoms with Crippen LogP contribution < -0.4 is 10.6 Å². The van der Waals surface area contributed by atoms with Gasteiger partial charge in [0.1, 0.15) is 0 Å². The number of benzene rings is 2. The summed E-state index contributed by atoms with van der Waals surface area (Å²) in [7, 11) is -3.57. The van der Waals surface area contributed by atoms with Gasteiger partial charge in [-0.2, -0.15) is 4.31 Å². The Morgan fingerprint density at radius 2 is 1.66 bits per heavy atom. The van der Waals surface area contributed by atoms with Crippen molar-refractivity contribution >= 4 is 33.3 Å². The zero-order chi connectivity index (χ0) is 20.4. The van der Waals surface area contributed by atoms with Gasteiger partial charge in [0.05, 0.1) is 17.1 Å². The molecular formula is C20H22ClN3O4S. The van der Waals surface area contributed by atoms with Crippen molar-refractivity contribution in [1.82, 2.24) is 9.62 Å². The predicted octanol–water partition coefficient (Wildman–Crippen LogP) is 3.21. The van der Waals surface area contributed by atoms with Gasteiger partial charge in [0.2, 0.25) is 10.0 Å². The molecule has 29 heavy (non-hydrogen) atoms. The number of morpholine rings is 1. The number of ether oxygens (including phenoxy) is 1. The molecule has 2 aromatic carbocycles. The molecule has 154 valence electrons. The second kappa shape index (κ2) is 8.31. The van der Waals surface area contributed by atoms with Gasteiger partial charge in [0.15, 0.2) is 0 Å². The highest BCUT2D eigenvalue weighted by Crippen LogP contribution is 2.30. The molecule has 7 nitrogen and oxygen atoms in total. The standard InChI is InChI=1S/C20H22ClN3O4S/c21-15-3-1-14(2-4-15)11-22-20(25)23-16-5-9-19(10-6-16)29(26,27)24-12-17-7-8-18(13-24)28-17/h1-6,9-10,17-18H,7-8,11-13H2,(H2,22,23,25). The third-order valence-corrected chi connectivity index (χ3v) is 7.22. The molecule has 0 aliphatic carbocycles. The highest BCUT2D eigenvalue weighted by atomic mass is 35.5. The molecule has 2 fully saturated rings. The fourth-order valence-electron chi connectivity index (χ4n) is 3.59. The van der Waals surface area contributed by atoms with Gasteiger partial charge >= 0.3 is 6.03 Å². The number of carbonyl (C=O) groups excluding carboxylic acids is 1. The lowest BCUT2D eigenvalue weighted by Crippen LogP contribution is -2.45. The Labute approximate surface area is 175 Å². The Balaban J connectivity index is 1.34. The first-order chi connectivity index (χ1) is 13.9. The smallest absolute Gasteiger partial charge is 0.319 e. The first-order valence-corrected chi connectivity index (χ1v) is 11.3. The quantitative estimate of drug-likeness (QED) is 0.754. The largest absolute Gasteiger partial charge is 0.372 e. The Hall–Kier alpha value is -2.13. The number of urea groups is 1. The van der Waals surface area contributed by atoms with E-state index in [0.717, 1.165) is 18.4 Å². The molecule has 0 aromatic heterocycles. The molecule has 2 saturated heterocycles. The number of amides is 2. The lowest BCUT2D eigenvalue weighted by molar-refractivity contribution is -0.0114. The van der Waals surface area contributed by atoms with Gasteiger partial charge in [0, 0.05) is 30.3 Å². The first kappa shape index (κ1) is 20.2. The minimum atomic E-state index is -3.57. The van der Waals surface area contributed by atoms with E-state index >= 15 is 0 Å². The average Bonchev–Trinajstić information content (AvgIpc) is 3.05. The molecule has 2 atom stereocenters. The van der Waals surface area contributed by atoms with Crippen LogP contribution in [0.4, 0.5) is 10.5 Å². The Morgan fingerprint density at radius 1 is 1.03 bits per heavy atom. The maximum Gasteiger partial charge on any atom is 0.319 e. The van der Waals surface area contributed by atoms with Crippen LogP contribution in [0, 0.1) is 0 Å². The van der Waals surface area contributed by atoms with Crippen molar-refractivity contribution in [3.8, 4) is 0 Å². The van der Waals surface area contributed by atoms with E-state index in [9.17, 15) is 13.2 Å². The second-order valence-corrected chi connectivity index (χ2v) is 9.61. The number of nitrogens with one attached hydrogen (secondary N) is 2. The lowest BCUT2D eigenvalue weighted by atomic mass is 10.2. The normalized spacial score (nSPS) is 21.7. The summed E-state index contributed by atoms with van der Waals surface area (Å²) >= 11 is 5.84. The van der Waals surface area contributed by atoms with Gasteiger partial charge in [-0.05, 0) is 54.8 Å². The molecule has 0 saturated carbocycles. The van der Waals surface area contributed by atoms with Gasteiger partial charge in [-0.25, -0.2) is 13.2 Å². The summed E-state index contributed by atoms with van der Waals surface area (Å²) in [6.07, 6.45) is 1.80. The molecule has 2 heterocycles. The number of hydrogen-bond acceptors (Lipinski definition) is 4. The second-order valence-electron chi connectivity index (χ2n) is 7.24. The van der Waals surface area contributed by atoms with Crippen LogP contribution in [0.3, 0.4) is 0 Å². The minimum absolute atomic E-state index is 0.00574. The van der Waals surface area contributed by atoms with Crippen LogP contribution in [0.25, 0.3) is 0 Å². The van der Waals surface area contributed by atoms with Crippen LogP contribution >= 0.6 is 11.6 Å². The van der Waals surface area contributed by atoms with Crippen LogP contribution in [-0.2, 0) is 21.3 Å². The predicted molar refractivity (Wildman–Crippen MR) is 110 cm³/mol. The third kappa shape index (κ3) is 4.72. The fraction of sp³-hybridized carbons (Fsp3) is 0.350. The van der Waals surface area contributed by atoms with Crippen molar-refractivity contribution in [2.45, 2.75) is 36.5 Å². The van der Waals surface area contributed by atoms with E-state index in [2.05, 4.69) is 10.6 Å². The molecule has 2 aromatic rings. The zero-order valence-corrected chi connectivity index (χ0v) is 17.2. The minimum Gasteiger partial charge on any atom is -0.372 e. The van der Waals surface area contributed by atoms with E-state index in [0.29, 0.717) is 30.3 Å². The van der Waals surface area contributed by atoms with Gasteiger partial charge in [-0.1, -0.05) is 23.7 Å². The van der Waals surface area contributed by atoms with Crippen LogP contribution in [0.5, 0.6) is 0 Å². The maximum absolute atomic E-state index is 12.9. The summed E-state index contributed by atoms with van der Waals surface area (Å²) in [6.45, 7) is 1.15. The first-order valence-electron chi connectivity index (χ1n) is 9.45. The zero-order valence-electron chi connectivity index (χ0n) is 15.7. The fourth-order valence-corrected chi connectivity index (χ4v) is 5.22. The molecule has 0 spiro atoms. The van der Waals surface area contributed by atoms with Crippen molar-refractivity contribution in [1.29, 1.82) is 0 Å². The molecule has 2 unspecified atom stereocenters. The number of sulfonamides is 1. The number of nitrogens with zero attached hydrogens (tertiary/aromatic N) is 1. The van der Waals surface area contributed by atoms with Gasteiger partial charge in [-0.3, -0.25) is 0 Å². The third-order valence-electron chi connectivity index (χ3n) is 5.13. The average molecular weight is 436 g/mol. The monoisotopic (exact) mass is 435 g/mol. The summed E-state index contributed by atoms with van der Waals surface area (Å²) in [6, 6.07) is 13.0. The number of carbonyl (C=O) groups is 1. The Morgan fingerprint density at radius 3 is 2.28 bits per heavy atom. The van der Waals surface area contributed by atoms with Crippen molar-refractivity contribution in [3.05, 3.63) is 59.1 Å². The van der Waals surface area contributed by atoms with Gasteiger partial charge < -0.3 is 15.4 Å². The van der Waals surface area contributed by atoms with Crippen molar-refractivity contribution in [3.63, 3.8) is 0 Å². The SMILES string of the molecule is O=C(NCc1ccc(Cl)cc1)Nc1ccc(S(=O)(=O)N2CC3CCC(C2)O3)cc1. The van der Waals surface area contributed by atoms with Crippen LogP contribution in [0.15, 0.2) is 53.4 Å². The molecule has 2 aliphatic rings. The van der Waals surface area contributed by atoms with Crippen LogP contribution in [-0.4, -0.2) is 44.1 Å². The van der Waals surface area contributed by atoms with Crippen molar-refractivity contribution < 1.29 is 17.9 Å². The summed E-state index contributed by atoms with van der Waals surface area (Å²) in [5, 5.41) is 6.08. The Bertz CT molecular complexity index is 968. The summed E-state index contributed by atoms with van der Waals surface area (Å²) in [5.41, 5.74) is 1.44. The van der Waals surface area contributed by atoms with Gasteiger partial charge in [-0.15, -0.1) is 0 Å². The summed E-state index contributed by atoms with van der Waals surface area (Å²) in [5.74, 6) is 0. The van der Waals surface area contributed by atoms with E-state index in [-0.39, 0.29) is 23.1 Å². The number of fused-ring (bicyclic) bond motifs is 2. The molecule has 4 rings (SSSR count). The van der Waals surface area contributed by atoms with E-state index in [1.165, 1.54) is 16.4 Å². The molecule has 9 heteroatoms. The number of halogens is 1. The van der Waals surface area contributed by atoms with Crippen molar-refractivity contribution in [2.75, 3.05) is 18.4 Å². The number of rotatable bonds is 5. The summed E-state index contributed by atoms with van der Waals surface area (Å²) < 4.78 is 33.0. The summed E-state index contributed by atoms with van der Waals surface area (Å²) in [4.78, 5) is 12.3. The van der Waals surface area contributed by atoms with Crippen molar-refractivity contribution in [2.24, 2.45) is 0 Å². The molecule has 2 N–H and O–H groups in total. The molecule has 2 amide bonds. The highest BCUT2D eigenvalue weighted by molar-refractivity contribution is 7.89. The van der Waals surface area contributed by atoms with Crippen LogP contribution in [0.1, 0.15) is 18.4 Å². The number of anilines is 1. The molecule has 2 aliphatic heterocycles. The van der Waals surface area contributed by atoms with E-state index in [4.69, 9.17) is 16.3 Å². The number of hydrogen-bond donors (Lipinski definition) is 2. The van der Waals surface area contributed by atoms with E-state index < -0.39 is 10.0 Å². The highest BCUT2D eigenvalue weighted by Gasteiger charge is 2.39. The molecule has 0 radical (unpaired) electrons.